The van der Waals surface area contributed by atoms with Crippen molar-refractivity contribution in [3.05, 3.63) is 40.9 Å². The second kappa shape index (κ2) is 6.34. The van der Waals surface area contributed by atoms with Crippen LogP contribution in [0.5, 0.6) is 0 Å². The van der Waals surface area contributed by atoms with E-state index in [4.69, 9.17) is 5.14 Å². The van der Waals surface area contributed by atoms with Gasteiger partial charge in [0.15, 0.2) is 5.17 Å². The number of carbonyl (C=O) groups excluding carboxylic acids is 1. The first-order chi connectivity index (χ1) is 10.9. The summed E-state index contributed by atoms with van der Waals surface area (Å²) in [6.07, 6.45) is 0.307. The Kier molecular flexibility index (Phi) is 4.42. The van der Waals surface area contributed by atoms with Crippen molar-refractivity contribution < 1.29 is 13.2 Å². The molecular weight excluding hydrogens is 336 g/mol. The summed E-state index contributed by atoms with van der Waals surface area (Å²) >= 11 is 1.55. The Morgan fingerprint density at radius 2 is 2.09 bits per heavy atom. The van der Waals surface area contributed by atoms with Crippen LogP contribution in [-0.2, 0) is 21.4 Å². The van der Waals surface area contributed by atoms with Gasteiger partial charge in [-0.2, -0.15) is 0 Å². The van der Waals surface area contributed by atoms with E-state index in [1.807, 2.05) is 5.41 Å². The summed E-state index contributed by atoms with van der Waals surface area (Å²) in [7, 11) is -3.69. The number of benzene rings is 1. The van der Waals surface area contributed by atoms with E-state index in [9.17, 15) is 13.2 Å². The molecule has 3 N–H and O–H groups in total. The number of hydrogen-bond acceptors (Lipinski definition) is 6. The van der Waals surface area contributed by atoms with E-state index in [0.717, 1.165) is 29.5 Å². The molecule has 3 rings (SSSR count). The number of nitrogens with zero attached hydrogens (tertiary/aromatic N) is 2. The molecule has 0 atom stereocenters. The van der Waals surface area contributed by atoms with Crippen LogP contribution < -0.4 is 10.5 Å². The van der Waals surface area contributed by atoms with Gasteiger partial charge in [-0.25, -0.2) is 13.6 Å². The predicted octanol–water partition coefficient (Wildman–Crippen LogP) is 0.600. The van der Waals surface area contributed by atoms with Crippen LogP contribution in [0.4, 0.5) is 0 Å². The third-order valence-electron chi connectivity index (χ3n) is 3.53. The first-order valence-corrected chi connectivity index (χ1v) is 9.42. The van der Waals surface area contributed by atoms with Gasteiger partial charge in [0.05, 0.1) is 17.9 Å². The lowest BCUT2D eigenvalue weighted by atomic mass is 10.2. The fraction of sp³-hybridized carbons (Fsp3) is 0.286. The first kappa shape index (κ1) is 16.0. The Morgan fingerprint density at radius 3 is 2.78 bits per heavy atom. The molecule has 0 bridgehead atoms. The number of sulfonamides is 1. The Balaban J connectivity index is 1.52. The SMILES string of the molecule is NS(=O)(=O)c1ccc(CNC(=O)CC2=CSC3=NCCN23)cc1. The number of nitrogens with one attached hydrogen (secondary N) is 1. The van der Waals surface area contributed by atoms with Gasteiger partial charge in [0.1, 0.15) is 0 Å². The van der Waals surface area contributed by atoms with Crippen molar-refractivity contribution in [2.75, 3.05) is 13.1 Å². The van der Waals surface area contributed by atoms with Crippen molar-refractivity contribution in [1.82, 2.24) is 10.2 Å². The van der Waals surface area contributed by atoms with Gasteiger partial charge in [0, 0.05) is 18.8 Å². The van der Waals surface area contributed by atoms with Gasteiger partial charge in [-0.15, -0.1) is 0 Å². The smallest absolute Gasteiger partial charge is 0.238 e. The number of hydrogen-bond donors (Lipinski definition) is 2. The third kappa shape index (κ3) is 3.74. The molecule has 0 unspecified atom stereocenters. The Labute approximate surface area is 138 Å². The van der Waals surface area contributed by atoms with Gasteiger partial charge in [0.2, 0.25) is 15.9 Å². The zero-order chi connectivity index (χ0) is 16.4. The monoisotopic (exact) mass is 352 g/mol. The molecule has 0 saturated heterocycles. The molecule has 0 spiro atoms. The molecule has 1 amide bonds. The molecule has 0 fully saturated rings. The summed E-state index contributed by atoms with van der Waals surface area (Å²) in [5.74, 6) is -0.0828. The number of amidine groups is 1. The van der Waals surface area contributed by atoms with E-state index in [2.05, 4.69) is 15.2 Å². The molecule has 2 heterocycles. The zero-order valence-corrected chi connectivity index (χ0v) is 13.9. The highest BCUT2D eigenvalue weighted by molar-refractivity contribution is 8.16. The predicted molar refractivity (Wildman–Crippen MR) is 89.0 cm³/mol. The molecule has 23 heavy (non-hydrogen) atoms. The summed E-state index contributed by atoms with van der Waals surface area (Å²) in [5.41, 5.74) is 1.78. The lowest BCUT2D eigenvalue weighted by Gasteiger charge is -2.16. The highest BCUT2D eigenvalue weighted by Gasteiger charge is 2.27. The summed E-state index contributed by atoms with van der Waals surface area (Å²) in [4.78, 5) is 18.5. The number of rotatable bonds is 5. The molecule has 9 heteroatoms. The van der Waals surface area contributed by atoms with E-state index >= 15 is 0 Å². The summed E-state index contributed by atoms with van der Waals surface area (Å²) in [5, 5.41) is 10.8. The van der Waals surface area contributed by atoms with Crippen LogP contribution in [0.2, 0.25) is 0 Å². The maximum Gasteiger partial charge on any atom is 0.238 e. The number of nitrogens with two attached hydrogens (primary N) is 1. The highest BCUT2D eigenvalue weighted by atomic mass is 32.2. The van der Waals surface area contributed by atoms with Crippen molar-refractivity contribution >= 4 is 32.9 Å². The van der Waals surface area contributed by atoms with E-state index in [-0.39, 0.29) is 10.8 Å². The standard InChI is InChI=1S/C14H16N4O3S2/c15-23(20,21)12-3-1-10(2-4-12)8-17-13(19)7-11-9-22-14-16-5-6-18(11)14/h1-4,9H,5-8H2,(H,17,19)(H2,15,20,21). The summed E-state index contributed by atoms with van der Waals surface area (Å²) in [6, 6.07) is 6.13. The lowest BCUT2D eigenvalue weighted by Crippen LogP contribution is -2.28. The number of amides is 1. The van der Waals surface area contributed by atoms with Crippen LogP contribution in [0.15, 0.2) is 45.3 Å². The minimum atomic E-state index is -3.69. The van der Waals surface area contributed by atoms with E-state index in [1.165, 1.54) is 12.1 Å². The molecular formula is C14H16N4O3S2. The van der Waals surface area contributed by atoms with E-state index < -0.39 is 10.0 Å². The second-order valence-corrected chi connectivity index (χ2v) is 7.58. The van der Waals surface area contributed by atoms with Gasteiger partial charge >= 0.3 is 0 Å². The van der Waals surface area contributed by atoms with Gasteiger partial charge in [0.25, 0.3) is 0 Å². The second-order valence-electron chi connectivity index (χ2n) is 5.19. The van der Waals surface area contributed by atoms with Crippen molar-refractivity contribution in [2.24, 2.45) is 10.1 Å². The molecule has 0 aromatic heterocycles. The molecule has 0 saturated carbocycles. The summed E-state index contributed by atoms with van der Waals surface area (Å²) < 4.78 is 22.4. The van der Waals surface area contributed by atoms with Crippen LogP contribution >= 0.6 is 11.8 Å². The number of thioether (sulfide) groups is 1. The van der Waals surface area contributed by atoms with Crippen LogP contribution in [0.1, 0.15) is 12.0 Å². The molecule has 1 aromatic carbocycles. The molecule has 1 aromatic rings. The molecule has 122 valence electrons. The van der Waals surface area contributed by atoms with Crippen LogP contribution in [0.25, 0.3) is 0 Å². The topological polar surface area (TPSA) is 105 Å². The molecule has 2 aliphatic heterocycles. The largest absolute Gasteiger partial charge is 0.352 e. The minimum Gasteiger partial charge on any atom is -0.352 e. The van der Waals surface area contributed by atoms with Gasteiger partial charge in [-0.1, -0.05) is 23.9 Å². The maximum absolute atomic E-state index is 12.0. The van der Waals surface area contributed by atoms with Crippen molar-refractivity contribution in [3.8, 4) is 0 Å². The average molecular weight is 352 g/mol. The van der Waals surface area contributed by atoms with Gasteiger partial charge in [-0.05, 0) is 23.1 Å². The minimum absolute atomic E-state index is 0.0570. The third-order valence-corrected chi connectivity index (χ3v) is 5.41. The normalized spacial score (nSPS) is 16.8. The average Bonchev–Trinajstić information content (AvgIpc) is 3.10. The fourth-order valence-electron chi connectivity index (χ4n) is 2.34. The van der Waals surface area contributed by atoms with Crippen LogP contribution in [-0.4, -0.2) is 37.5 Å². The fourth-order valence-corrected chi connectivity index (χ4v) is 3.81. The van der Waals surface area contributed by atoms with Crippen molar-refractivity contribution in [3.63, 3.8) is 0 Å². The quantitative estimate of drug-likeness (QED) is 0.807. The molecule has 0 radical (unpaired) electrons. The zero-order valence-electron chi connectivity index (χ0n) is 12.2. The van der Waals surface area contributed by atoms with Crippen LogP contribution in [0.3, 0.4) is 0 Å². The molecule has 2 aliphatic rings. The Hall–Kier alpha value is -1.84. The van der Waals surface area contributed by atoms with Crippen molar-refractivity contribution in [1.29, 1.82) is 0 Å². The van der Waals surface area contributed by atoms with E-state index in [0.29, 0.717) is 13.0 Å². The summed E-state index contributed by atoms with van der Waals surface area (Å²) in [6.45, 7) is 1.94. The molecule has 0 aliphatic carbocycles. The number of aliphatic imine (C=N–C) groups is 1. The van der Waals surface area contributed by atoms with Crippen molar-refractivity contribution in [2.45, 2.75) is 17.9 Å². The Morgan fingerprint density at radius 1 is 1.35 bits per heavy atom. The first-order valence-electron chi connectivity index (χ1n) is 6.99. The number of fused-ring (bicyclic) bond motifs is 1. The van der Waals surface area contributed by atoms with E-state index in [1.54, 1.807) is 23.9 Å². The molecule has 7 nitrogen and oxygen atoms in total. The number of carbonyl (C=O) groups is 1. The Bertz CT molecular complexity index is 785. The lowest BCUT2D eigenvalue weighted by molar-refractivity contribution is -0.120. The van der Waals surface area contributed by atoms with Gasteiger partial charge in [-0.3, -0.25) is 9.79 Å². The van der Waals surface area contributed by atoms with Crippen LogP contribution in [0, 0.1) is 0 Å². The number of primary sulfonamides is 1. The highest BCUT2D eigenvalue weighted by Crippen LogP contribution is 2.30. The maximum atomic E-state index is 12.0. The van der Waals surface area contributed by atoms with Gasteiger partial charge < -0.3 is 10.2 Å².